The van der Waals surface area contributed by atoms with Gasteiger partial charge in [0.15, 0.2) is 0 Å². The lowest BCUT2D eigenvalue weighted by atomic mass is 10.2. The van der Waals surface area contributed by atoms with Gasteiger partial charge in [0.25, 0.3) is 0 Å². The molecule has 0 spiro atoms. The fourth-order valence-corrected chi connectivity index (χ4v) is 3.13. The van der Waals surface area contributed by atoms with Crippen LogP contribution in [0.1, 0.15) is 6.92 Å². The van der Waals surface area contributed by atoms with Gasteiger partial charge in [-0.3, -0.25) is 4.79 Å². The number of rotatable bonds is 3. The summed E-state index contributed by atoms with van der Waals surface area (Å²) in [4.78, 5) is 15.9. The number of nitrogens with zero attached hydrogens (tertiary/aromatic N) is 1. The quantitative estimate of drug-likeness (QED) is 0.797. The van der Waals surface area contributed by atoms with E-state index in [1.165, 1.54) is 6.92 Å². The number of hydrogen-bond acceptors (Lipinski definition) is 4. The fourth-order valence-electron chi connectivity index (χ4n) is 2.09. The summed E-state index contributed by atoms with van der Waals surface area (Å²) in [6, 6.07) is 13.5. The van der Waals surface area contributed by atoms with Crippen LogP contribution in [0.25, 0.3) is 20.8 Å². The van der Waals surface area contributed by atoms with Crippen molar-refractivity contribution >= 4 is 33.1 Å². The molecule has 5 heteroatoms. The van der Waals surface area contributed by atoms with Gasteiger partial charge in [0.05, 0.1) is 23.0 Å². The van der Waals surface area contributed by atoms with Crippen LogP contribution in [0.15, 0.2) is 42.5 Å². The van der Waals surface area contributed by atoms with Gasteiger partial charge in [-0.1, -0.05) is 6.07 Å². The molecule has 3 aromatic rings. The minimum absolute atomic E-state index is 0.0816. The largest absolute Gasteiger partial charge is 0.497 e. The number of nitrogens with one attached hydrogen (secondary N) is 1. The third-order valence-corrected chi connectivity index (χ3v) is 4.22. The van der Waals surface area contributed by atoms with Crippen LogP contribution in [0.2, 0.25) is 0 Å². The SMILES string of the molecule is COc1ccc(-c2nc3cccc(NC(C)=O)c3s2)cc1. The Morgan fingerprint density at radius 1 is 1.19 bits per heavy atom. The number of anilines is 1. The zero-order valence-electron chi connectivity index (χ0n) is 11.7. The number of amides is 1. The molecule has 1 amide bonds. The van der Waals surface area contributed by atoms with Crippen molar-refractivity contribution in [3.8, 4) is 16.3 Å². The molecule has 0 saturated heterocycles. The van der Waals surface area contributed by atoms with Gasteiger partial charge >= 0.3 is 0 Å². The average molecular weight is 298 g/mol. The molecule has 1 heterocycles. The van der Waals surface area contributed by atoms with Crippen LogP contribution in [-0.2, 0) is 4.79 Å². The molecule has 1 N–H and O–H groups in total. The van der Waals surface area contributed by atoms with Crippen molar-refractivity contribution in [1.29, 1.82) is 0 Å². The summed E-state index contributed by atoms with van der Waals surface area (Å²) in [5.74, 6) is 0.737. The maximum atomic E-state index is 11.3. The van der Waals surface area contributed by atoms with E-state index in [2.05, 4.69) is 10.3 Å². The summed E-state index contributed by atoms with van der Waals surface area (Å²) >= 11 is 1.57. The molecule has 0 unspecified atom stereocenters. The highest BCUT2D eigenvalue weighted by atomic mass is 32.1. The Balaban J connectivity index is 2.05. The number of methoxy groups -OCH3 is 1. The van der Waals surface area contributed by atoms with Gasteiger partial charge in [-0.15, -0.1) is 11.3 Å². The van der Waals surface area contributed by atoms with Crippen LogP contribution >= 0.6 is 11.3 Å². The maximum Gasteiger partial charge on any atom is 0.221 e. The highest BCUT2D eigenvalue weighted by molar-refractivity contribution is 7.22. The van der Waals surface area contributed by atoms with Gasteiger partial charge in [-0.25, -0.2) is 4.98 Å². The third kappa shape index (κ3) is 2.73. The number of ether oxygens (including phenoxy) is 1. The summed E-state index contributed by atoms with van der Waals surface area (Å²) in [5.41, 5.74) is 2.72. The van der Waals surface area contributed by atoms with Crippen molar-refractivity contribution in [2.45, 2.75) is 6.92 Å². The van der Waals surface area contributed by atoms with Crippen molar-refractivity contribution in [3.05, 3.63) is 42.5 Å². The Labute approximate surface area is 126 Å². The second-order valence-corrected chi connectivity index (χ2v) is 5.58. The molecular formula is C16H14N2O2S. The third-order valence-electron chi connectivity index (χ3n) is 3.06. The summed E-state index contributed by atoms with van der Waals surface area (Å²) < 4.78 is 6.15. The summed E-state index contributed by atoms with van der Waals surface area (Å²) in [5, 5.41) is 3.76. The van der Waals surface area contributed by atoms with Crippen LogP contribution < -0.4 is 10.1 Å². The van der Waals surface area contributed by atoms with E-state index < -0.39 is 0 Å². The number of carbonyl (C=O) groups is 1. The van der Waals surface area contributed by atoms with Crippen LogP contribution in [0.3, 0.4) is 0 Å². The smallest absolute Gasteiger partial charge is 0.221 e. The topological polar surface area (TPSA) is 51.2 Å². The number of aromatic nitrogens is 1. The monoisotopic (exact) mass is 298 g/mol. The Morgan fingerprint density at radius 3 is 2.62 bits per heavy atom. The highest BCUT2D eigenvalue weighted by Gasteiger charge is 2.10. The van der Waals surface area contributed by atoms with Crippen molar-refractivity contribution in [2.24, 2.45) is 0 Å². The van der Waals surface area contributed by atoms with Crippen LogP contribution in [-0.4, -0.2) is 18.0 Å². The van der Waals surface area contributed by atoms with Gasteiger partial charge in [0, 0.05) is 12.5 Å². The standard InChI is InChI=1S/C16H14N2O2S/c1-10(19)17-13-4-3-5-14-15(13)21-16(18-14)11-6-8-12(20-2)9-7-11/h3-9H,1-2H3,(H,17,19). The minimum Gasteiger partial charge on any atom is -0.497 e. The van der Waals surface area contributed by atoms with Gasteiger partial charge in [0.1, 0.15) is 10.8 Å². The van der Waals surface area contributed by atoms with E-state index >= 15 is 0 Å². The van der Waals surface area contributed by atoms with E-state index in [4.69, 9.17) is 4.74 Å². The van der Waals surface area contributed by atoms with E-state index in [1.54, 1.807) is 18.4 Å². The zero-order valence-corrected chi connectivity index (χ0v) is 12.5. The molecule has 0 radical (unpaired) electrons. The Bertz CT molecular complexity index is 794. The summed E-state index contributed by atoms with van der Waals surface area (Å²) in [6.07, 6.45) is 0. The molecule has 21 heavy (non-hydrogen) atoms. The molecule has 4 nitrogen and oxygen atoms in total. The van der Waals surface area contributed by atoms with Crippen LogP contribution in [0.5, 0.6) is 5.75 Å². The molecule has 1 aromatic heterocycles. The molecule has 0 aliphatic carbocycles. The molecule has 0 atom stereocenters. The summed E-state index contributed by atoms with van der Waals surface area (Å²) in [7, 11) is 1.65. The molecule has 106 valence electrons. The Kier molecular flexibility index (Phi) is 3.58. The van der Waals surface area contributed by atoms with Crippen molar-refractivity contribution < 1.29 is 9.53 Å². The normalized spacial score (nSPS) is 10.6. The summed E-state index contributed by atoms with van der Waals surface area (Å²) in [6.45, 7) is 1.50. The van der Waals surface area contributed by atoms with Crippen molar-refractivity contribution in [3.63, 3.8) is 0 Å². The van der Waals surface area contributed by atoms with Gasteiger partial charge in [0.2, 0.25) is 5.91 Å². The first-order valence-electron chi connectivity index (χ1n) is 6.49. The number of hydrogen-bond donors (Lipinski definition) is 1. The lowest BCUT2D eigenvalue weighted by Crippen LogP contribution is -2.05. The van der Waals surface area contributed by atoms with E-state index in [0.717, 1.165) is 32.2 Å². The predicted molar refractivity (Wildman–Crippen MR) is 85.9 cm³/mol. The van der Waals surface area contributed by atoms with E-state index in [-0.39, 0.29) is 5.91 Å². The average Bonchev–Trinajstić information content (AvgIpc) is 2.92. The first-order chi connectivity index (χ1) is 10.2. The lowest BCUT2D eigenvalue weighted by molar-refractivity contribution is -0.114. The predicted octanol–water partition coefficient (Wildman–Crippen LogP) is 3.93. The Morgan fingerprint density at radius 2 is 1.95 bits per heavy atom. The Hall–Kier alpha value is -2.40. The second kappa shape index (κ2) is 5.54. The van der Waals surface area contributed by atoms with Crippen LogP contribution in [0, 0.1) is 0 Å². The van der Waals surface area contributed by atoms with Crippen molar-refractivity contribution in [1.82, 2.24) is 4.98 Å². The zero-order chi connectivity index (χ0) is 14.8. The molecule has 0 aliphatic heterocycles. The first kappa shape index (κ1) is 13.6. The van der Waals surface area contributed by atoms with E-state index in [0.29, 0.717) is 0 Å². The van der Waals surface area contributed by atoms with E-state index in [1.807, 2.05) is 42.5 Å². The molecule has 0 aliphatic rings. The molecule has 2 aromatic carbocycles. The molecular weight excluding hydrogens is 284 g/mol. The minimum atomic E-state index is -0.0816. The van der Waals surface area contributed by atoms with E-state index in [9.17, 15) is 4.79 Å². The molecule has 0 saturated carbocycles. The van der Waals surface area contributed by atoms with Gasteiger partial charge in [-0.2, -0.15) is 0 Å². The van der Waals surface area contributed by atoms with Crippen LogP contribution in [0.4, 0.5) is 5.69 Å². The number of benzene rings is 2. The molecule has 3 rings (SSSR count). The fraction of sp³-hybridized carbons (Fsp3) is 0.125. The van der Waals surface area contributed by atoms with Crippen molar-refractivity contribution in [2.75, 3.05) is 12.4 Å². The second-order valence-electron chi connectivity index (χ2n) is 4.58. The first-order valence-corrected chi connectivity index (χ1v) is 7.30. The van der Waals surface area contributed by atoms with Gasteiger partial charge in [-0.05, 0) is 36.4 Å². The molecule has 0 bridgehead atoms. The highest BCUT2D eigenvalue weighted by Crippen LogP contribution is 2.35. The molecule has 0 fully saturated rings. The number of carbonyl (C=O) groups excluding carboxylic acids is 1. The lowest BCUT2D eigenvalue weighted by Gasteiger charge is -2.01. The number of fused-ring (bicyclic) bond motifs is 1. The van der Waals surface area contributed by atoms with Gasteiger partial charge < -0.3 is 10.1 Å². The maximum absolute atomic E-state index is 11.3. The number of thiazole rings is 1.